The average Bonchev–Trinajstić information content (AvgIpc) is 3.38. The molecule has 10 rings (SSSR count). The molecule has 4 amide bonds. The number of nitrogens with two attached hydrogens (primary N) is 2. The zero-order valence-corrected chi connectivity index (χ0v) is 45.9. The summed E-state index contributed by atoms with van der Waals surface area (Å²) in [6.45, 7) is 20.1. The second-order valence-corrected chi connectivity index (χ2v) is 24.3. The fourth-order valence-electron chi connectivity index (χ4n) is 12.0. The number of aliphatic hydroxyl groups excluding tert-OH is 1. The normalized spacial score (nSPS) is 30.2. The van der Waals surface area contributed by atoms with E-state index < -0.39 is 58.0 Å². The van der Waals surface area contributed by atoms with Crippen molar-refractivity contribution in [3.8, 4) is 23.0 Å². The maximum atomic E-state index is 14.6. The number of aliphatic hydroxyl groups is 1. The number of fused-ring (bicyclic) bond motifs is 4. The number of nitrogens with zero attached hydrogens (tertiary/aromatic N) is 4. The Kier molecular flexibility index (Phi) is 13.4. The van der Waals surface area contributed by atoms with Crippen LogP contribution in [0.4, 0.5) is 0 Å². The van der Waals surface area contributed by atoms with E-state index in [-0.39, 0.29) is 73.2 Å². The zero-order valence-electron chi connectivity index (χ0n) is 45.9. The molecule has 0 aromatic heterocycles. The maximum absolute atomic E-state index is 14.6. The number of hydrogen-bond acceptors (Lipinski definition) is 13. The van der Waals surface area contributed by atoms with Gasteiger partial charge in [0, 0.05) is 52.6 Å². The van der Waals surface area contributed by atoms with Crippen molar-refractivity contribution in [1.82, 2.24) is 20.4 Å². The molecule has 4 aromatic carbocycles. The Labute approximate surface area is 451 Å². The second-order valence-electron chi connectivity index (χ2n) is 24.3. The molecule has 0 fully saturated rings. The first-order valence-electron chi connectivity index (χ1n) is 27.1. The topological polar surface area (TPSA) is 233 Å². The summed E-state index contributed by atoms with van der Waals surface area (Å²) < 4.78 is 25.9. The van der Waals surface area contributed by atoms with Gasteiger partial charge in [0.2, 0.25) is 11.8 Å². The summed E-state index contributed by atoms with van der Waals surface area (Å²) in [6.07, 6.45) is 0.921. The van der Waals surface area contributed by atoms with Gasteiger partial charge in [-0.3, -0.25) is 29.0 Å². The maximum Gasteiger partial charge on any atom is 0.251 e. The van der Waals surface area contributed by atoms with Gasteiger partial charge < -0.3 is 46.2 Å². The Balaban J connectivity index is 0.921. The minimum absolute atomic E-state index is 0.0349. The number of amides is 4. The summed E-state index contributed by atoms with van der Waals surface area (Å²) >= 11 is 0. The summed E-state index contributed by atoms with van der Waals surface area (Å²) in [7, 11) is 0. The monoisotopic (exact) mass is 1050 g/mol. The first-order valence-corrected chi connectivity index (χ1v) is 27.1. The Morgan fingerprint density at radius 3 is 1.73 bits per heavy atom. The van der Waals surface area contributed by atoms with Crippen molar-refractivity contribution in [2.24, 2.45) is 33.3 Å². The number of rotatable bonds is 11. The van der Waals surface area contributed by atoms with Crippen LogP contribution in [0.15, 0.2) is 94.9 Å². The van der Waals surface area contributed by atoms with Crippen LogP contribution in [0.3, 0.4) is 0 Å². The van der Waals surface area contributed by atoms with E-state index >= 15 is 0 Å². The van der Waals surface area contributed by atoms with E-state index in [9.17, 15) is 24.3 Å². The van der Waals surface area contributed by atoms with Crippen molar-refractivity contribution in [2.75, 3.05) is 6.61 Å². The lowest BCUT2D eigenvalue weighted by atomic mass is 9.77. The fraction of sp³-hybridized carbons (Fsp3) is 0.500. The molecule has 4 aromatic rings. The third-order valence-corrected chi connectivity index (χ3v) is 17.5. The van der Waals surface area contributed by atoms with Crippen LogP contribution in [0.25, 0.3) is 0 Å². The number of hydrogen-bond donors (Lipinski definition) is 5. The average molecular weight is 1050 g/mol. The smallest absolute Gasteiger partial charge is 0.251 e. The van der Waals surface area contributed by atoms with E-state index in [1.165, 1.54) is 0 Å². The second kappa shape index (κ2) is 19.4. The Morgan fingerprint density at radius 1 is 0.649 bits per heavy atom. The van der Waals surface area contributed by atoms with Gasteiger partial charge in [-0.1, -0.05) is 64.1 Å². The van der Waals surface area contributed by atoms with Crippen LogP contribution in [0.2, 0.25) is 0 Å². The van der Waals surface area contributed by atoms with Crippen LogP contribution in [-0.4, -0.2) is 91.0 Å². The largest absolute Gasteiger partial charge is 0.493 e. The molecular weight excluding hydrogens is 977 g/mol. The van der Waals surface area contributed by atoms with Crippen molar-refractivity contribution in [3.05, 3.63) is 118 Å². The number of benzene rings is 4. The van der Waals surface area contributed by atoms with Gasteiger partial charge in [0.05, 0.1) is 54.7 Å². The van der Waals surface area contributed by atoms with Gasteiger partial charge in [0.15, 0.2) is 11.9 Å². The minimum Gasteiger partial charge on any atom is -0.493 e. The van der Waals surface area contributed by atoms with E-state index in [2.05, 4.69) is 10.6 Å². The van der Waals surface area contributed by atoms with Crippen LogP contribution in [0.5, 0.6) is 23.0 Å². The fourth-order valence-corrected chi connectivity index (χ4v) is 12.0. The molecule has 0 bridgehead atoms. The number of nitrogens with one attached hydrogen (secondary N) is 2. The third kappa shape index (κ3) is 9.84. The van der Waals surface area contributed by atoms with Crippen LogP contribution in [0.1, 0.15) is 181 Å². The quantitative estimate of drug-likeness (QED) is 0.0955. The highest BCUT2D eigenvalue weighted by Gasteiger charge is 2.52. The highest BCUT2D eigenvalue weighted by molar-refractivity contribution is 6.01. The standard InChI is InChI=1S/C60H74N8O9/c1-33(2)58(8)31-48(69)67(54(61)65-58)42-29-56(5,6)75-46-21-19-36(28-39(42)46)53(73)64-50-38-16-12-14-18-45(38)77-60(10,51(50)71)25-24-57(7)30-43(68-49(70)32-59(9,34(3)4)66-55(68)62)40-27-35(20-22-47(40)76-57)52(72)63-41-23-26-74-44-17-13-11-15-37(41)44/h11-22,27-28,33-34,41-43,50-51,71H,23-26,29-32H2,1-10H3,(H2,61,65)(H2,62,66)(H,63,72)(H,64,73)/t41-,42+,43+,50+,51-,57?,58-,59-,60?/m0/s1. The number of guanidine groups is 2. The summed E-state index contributed by atoms with van der Waals surface area (Å²) in [6, 6.07) is 23.1. The van der Waals surface area contributed by atoms with Gasteiger partial charge in [0.25, 0.3) is 11.8 Å². The predicted octanol–water partition coefficient (Wildman–Crippen LogP) is 8.51. The van der Waals surface area contributed by atoms with E-state index in [1.54, 1.807) is 46.2 Å². The zero-order chi connectivity index (χ0) is 55.1. The van der Waals surface area contributed by atoms with Crippen LogP contribution in [0, 0.1) is 11.8 Å². The van der Waals surface area contributed by atoms with Crippen molar-refractivity contribution in [3.63, 3.8) is 0 Å². The predicted molar refractivity (Wildman–Crippen MR) is 292 cm³/mol. The van der Waals surface area contributed by atoms with E-state index in [4.69, 9.17) is 40.4 Å². The van der Waals surface area contributed by atoms with Crippen molar-refractivity contribution >= 4 is 35.5 Å². The molecule has 6 heterocycles. The Bertz CT molecular complexity index is 3100. The third-order valence-electron chi connectivity index (χ3n) is 17.5. The van der Waals surface area contributed by atoms with Crippen molar-refractivity contribution in [1.29, 1.82) is 0 Å². The lowest BCUT2D eigenvalue weighted by Gasteiger charge is -2.48. The summed E-state index contributed by atoms with van der Waals surface area (Å²) in [5, 5.41) is 18.9. The molecule has 77 heavy (non-hydrogen) atoms. The molecule has 6 aliphatic rings. The lowest BCUT2D eigenvalue weighted by Crippen LogP contribution is -2.57. The molecule has 0 saturated heterocycles. The number of aliphatic imine (C=N–C) groups is 2. The van der Waals surface area contributed by atoms with E-state index in [0.717, 1.165) is 11.3 Å². The SMILES string of the molecule is CC(C)[C@]1(C)CC(=O)N([C@@H]2CC(C)(C)Oc3ccc(C(=O)N[C@@H]4c5ccccc5OC(C)(CCC5(C)C[C@@H](N6C(=O)C[C@@](C)(C(C)C)N=C6N)c6cc(C(=O)N[C@H]7CCOc8ccccc87)ccc6O5)[C@H]4O)cc32)C(N)=N1. The molecule has 6 aliphatic heterocycles. The molecule has 7 N–H and O–H groups in total. The van der Waals surface area contributed by atoms with Gasteiger partial charge in [-0.05, 0) is 115 Å². The van der Waals surface area contributed by atoms with Crippen molar-refractivity contribution in [2.45, 2.75) is 172 Å². The number of carbonyl (C=O) groups is 4. The van der Waals surface area contributed by atoms with Gasteiger partial charge in [-0.25, -0.2) is 9.98 Å². The summed E-state index contributed by atoms with van der Waals surface area (Å²) in [5.74, 6) is 1.53. The lowest BCUT2D eigenvalue weighted by molar-refractivity contribution is -0.134. The molecular formula is C60H74N8O9. The van der Waals surface area contributed by atoms with E-state index in [0.29, 0.717) is 70.9 Å². The first kappa shape index (κ1) is 53.3. The Morgan fingerprint density at radius 2 is 1.16 bits per heavy atom. The molecule has 0 radical (unpaired) electrons. The molecule has 2 unspecified atom stereocenters. The van der Waals surface area contributed by atoms with Crippen LogP contribution < -0.4 is 41.0 Å². The molecule has 17 nitrogen and oxygen atoms in total. The first-order chi connectivity index (χ1) is 36.3. The molecule has 408 valence electrons. The number of para-hydroxylation sites is 2. The number of carbonyl (C=O) groups excluding carboxylic acids is 4. The van der Waals surface area contributed by atoms with Gasteiger partial charge in [-0.2, -0.15) is 0 Å². The van der Waals surface area contributed by atoms with Crippen LogP contribution >= 0.6 is 0 Å². The van der Waals surface area contributed by atoms with Crippen LogP contribution in [-0.2, 0) is 9.59 Å². The summed E-state index contributed by atoms with van der Waals surface area (Å²) in [5.41, 5.74) is 12.7. The molecule has 0 spiro atoms. The Hall–Kier alpha value is -7.14. The summed E-state index contributed by atoms with van der Waals surface area (Å²) in [4.78, 5) is 70.1. The van der Waals surface area contributed by atoms with E-state index in [1.807, 2.05) is 118 Å². The van der Waals surface area contributed by atoms with Crippen molar-refractivity contribution < 1.29 is 43.2 Å². The molecule has 17 heteroatoms. The molecule has 0 aliphatic carbocycles. The number of ether oxygens (including phenoxy) is 4. The van der Waals surface area contributed by atoms with Gasteiger partial charge in [0.1, 0.15) is 45.9 Å². The highest BCUT2D eigenvalue weighted by atomic mass is 16.5. The molecule has 9 atom stereocenters. The molecule has 0 saturated carbocycles. The van der Waals surface area contributed by atoms with Gasteiger partial charge in [-0.15, -0.1) is 0 Å². The van der Waals surface area contributed by atoms with Gasteiger partial charge >= 0.3 is 0 Å². The highest BCUT2D eigenvalue weighted by Crippen LogP contribution is 2.50. The minimum atomic E-state index is -1.27.